The average Bonchev–Trinajstić information content (AvgIpc) is 3.73. The van der Waals surface area contributed by atoms with E-state index in [4.69, 9.17) is 9.72 Å². The minimum absolute atomic E-state index is 0.127. The highest BCUT2D eigenvalue weighted by Gasteiger charge is 2.37. The SMILES string of the molecule is c1ccc(-c2ccccc2B2c3ccccc3Oc3c2cc(-n2c4ccccc4c4ccccc42)nc3-n2c3ccccc3c3ccccc32)cc1. The summed E-state index contributed by atoms with van der Waals surface area (Å²) < 4.78 is 11.7. The van der Waals surface area contributed by atoms with E-state index in [1.165, 1.54) is 38.1 Å². The van der Waals surface area contributed by atoms with Gasteiger partial charge >= 0.3 is 0 Å². The van der Waals surface area contributed by atoms with E-state index in [9.17, 15) is 0 Å². The van der Waals surface area contributed by atoms with Gasteiger partial charge in [0.25, 0.3) is 6.71 Å². The van der Waals surface area contributed by atoms with Gasteiger partial charge in [-0.05, 0) is 58.5 Å². The fourth-order valence-corrected chi connectivity index (χ4v) is 8.48. The van der Waals surface area contributed by atoms with Crippen LogP contribution >= 0.6 is 0 Å². The van der Waals surface area contributed by atoms with Crippen molar-refractivity contribution in [2.45, 2.75) is 0 Å². The summed E-state index contributed by atoms with van der Waals surface area (Å²) in [7, 11) is 0. The Morgan fingerprint density at radius 3 is 1.52 bits per heavy atom. The molecular weight excluding hydrogens is 633 g/mol. The topological polar surface area (TPSA) is 32.0 Å². The molecule has 0 N–H and O–H groups in total. The first kappa shape index (κ1) is 28.9. The second-order valence-electron chi connectivity index (χ2n) is 13.5. The lowest BCUT2D eigenvalue weighted by Gasteiger charge is -2.30. The summed E-state index contributed by atoms with van der Waals surface area (Å²) in [6, 6.07) is 64.8. The first-order chi connectivity index (χ1) is 25.8. The molecule has 5 heteroatoms. The highest BCUT2D eigenvalue weighted by Crippen LogP contribution is 2.39. The first-order valence-electron chi connectivity index (χ1n) is 17.8. The van der Waals surface area contributed by atoms with Crippen molar-refractivity contribution in [3.8, 4) is 34.3 Å². The van der Waals surface area contributed by atoms with Crippen LogP contribution in [0.2, 0.25) is 0 Å². The van der Waals surface area contributed by atoms with E-state index in [1.54, 1.807) is 0 Å². The summed E-state index contributed by atoms with van der Waals surface area (Å²) in [4.78, 5) is 5.65. The number of hydrogen-bond acceptors (Lipinski definition) is 2. The molecule has 52 heavy (non-hydrogen) atoms. The van der Waals surface area contributed by atoms with Gasteiger partial charge in [0.05, 0.1) is 22.1 Å². The molecule has 0 spiro atoms. The Morgan fingerprint density at radius 1 is 0.423 bits per heavy atom. The highest BCUT2D eigenvalue weighted by atomic mass is 16.5. The lowest BCUT2D eigenvalue weighted by molar-refractivity contribution is 0.482. The van der Waals surface area contributed by atoms with Gasteiger partial charge in [0.2, 0.25) is 0 Å². The molecule has 0 saturated heterocycles. The fourth-order valence-electron chi connectivity index (χ4n) is 8.48. The molecule has 0 atom stereocenters. The zero-order chi connectivity index (χ0) is 34.2. The minimum atomic E-state index is -0.127. The Balaban J connectivity index is 1.30. The Bertz CT molecular complexity index is 2910. The molecule has 7 aromatic carbocycles. The van der Waals surface area contributed by atoms with Crippen LogP contribution in [0.15, 0.2) is 182 Å². The molecule has 0 fully saturated rings. The molecule has 3 aromatic heterocycles. The van der Waals surface area contributed by atoms with Gasteiger partial charge in [-0.15, -0.1) is 0 Å². The molecule has 0 saturated carbocycles. The van der Waals surface area contributed by atoms with Gasteiger partial charge in [0.15, 0.2) is 11.6 Å². The summed E-state index contributed by atoms with van der Waals surface area (Å²) in [6.45, 7) is -0.127. The Hall–Kier alpha value is -6.85. The molecule has 0 unspecified atom stereocenters. The van der Waals surface area contributed by atoms with Crippen LogP contribution in [-0.2, 0) is 0 Å². The van der Waals surface area contributed by atoms with Gasteiger partial charge in [0, 0.05) is 21.5 Å². The van der Waals surface area contributed by atoms with E-state index in [-0.39, 0.29) is 6.71 Å². The van der Waals surface area contributed by atoms with E-state index in [1.807, 2.05) is 0 Å². The quantitative estimate of drug-likeness (QED) is 0.176. The number of benzene rings is 7. The molecule has 0 bridgehead atoms. The molecule has 4 heterocycles. The summed E-state index contributed by atoms with van der Waals surface area (Å²) in [5.74, 6) is 3.22. The van der Waals surface area contributed by atoms with Crippen molar-refractivity contribution in [3.05, 3.63) is 182 Å². The number of ether oxygens (including phenoxy) is 1. The third-order valence-corrected chi connectivity index (χ3v) is 10.7. The van der Waals surface area contributed by atoms with Crippen LogP contribution in [0.5, 0.6) is 11.5 Å². The molecule has 10 aromatic rings. The zero-order valence-electron chi connectivity index (χ0n) is 28.1. The van der Waals surface area contributed by atoms with Gasteiger partial charge in [-0.1, -0.05) is 151 Å². The minimum Gasteiger partial charge on any atom is -0.455 e. The van der Waals surface area contributed by atoms with E-state index in [0.29, 0.717) is 0 Å². The predicted molar refractivity (Wildman–Crippen MR) is 216 cm³/mol. The number of aromatic nitrogens is 3. The molecule has 4 nitrogen and oxygen atoms in total. The number of pyridine rings is 1. The largest absolute Gasteiger partial charge is 0.455 e. The third-order valence-electron chi connectivity index (χ3n) is 10.7. The number of hydrogen-bond donors (Lipinski definition) is 0. The number of nitrogens with zero attached hydrogens (tertiary/aromatic N) is 3. The maximum Gasteiger partial charge on any atom is 0.252 e. The Kier molecular flexibility index (Phi) is 6.31. The van der Waals surface area contributed by atoms with Crippen molar-refractivity contribution in [2.75, 3.05) is 0 Å². The van der Waals surface area contributed by atoms with Crippen molar-refractivity contribution < 1.29 is 4.74 Å². The average molecular weight is 664 g/mol. The Morgan fingerprint density at radius 2 is 0.904 bits per heavy atom. The smallest absolute Gasteiger partial charge is 0.252 e. The van der Waals surface area contributed by atoms with Crippen LogP contribution in [0.4, 0.5) is 0 Å². The van der Waals surface area contributed by atoms with Crippen LogP contribution in [0.25, 0.3) is 66.4 Å². The second kappa shape index (κ2) is 11.3. The highest BCUT2D eigenvalue weighted by molar-refractivity contribution is 6.97. The normalized spacial score (nSPS) is 12.3. The number of fused-ring (bicyclic) bond motifs is 8. The molecule has 0 amide bonds. The standard InChI is InChI=1S/C47H30BN3O/c1-2-16-31(17-3-1)32-18-4-9-23-37(32)48-38-24-10-15-29-44(38)52-46-39(48)30-45(50-40-25-11-5-19-33(40)34-20-6-12-26-41(34)50)49-47(46)51-42-27-13-7-21-35(42)36-22-8-14-28-43(36)51/h1-30H. The van der Waals surface area contributed by atoms with Crippen LogP contribution in [0.3, 0.4) is 0 Å². The van der Waals surface area contributed by atoms with Gasteiger partial charge < -0.3 is 4.74 Å². The monoisotopic (exact) mass is 663 g/mol. The first-order valence-corrected chi connectivity index (χ1v) is 17.8. The molecule has 242 valence electrons. The van der Waals surface area contributed by atoms with Crippen LogP contribution in [0, 0.1) is 0 Å². The molecule has 1 aliphatic rings. The maximum atomic E-state index is 7.08. The van der Waals surface area contributed by atoms with Gasteiger partial charge in [-0.25, -0.2) is 4.98 Å². The molecule has 0 radical (unpaired) electrons. The Labute approximate surface area is 300 Å². The van der Waals surface area contributed by atoms with Crippen molar-refractivity contribution in [3.63, 3.8) is 0 Å². The van der Waals surface area contributed by atoms with E-state index in [0.717, 1.165) is 56.1 Å². The fraction of sp³-hybridized carbons (Fsp3) is 0. The number of para-hydroxylation sites is 5. The van der Waals surface area contributed by atoms with E-state index < -0.39 is 0 Å². The van der Waals surface area contributed by atoms with Gasteiger partial charge in [-0.3, -0.25) is 9.13 Å². The third kappa shape index (κ3) is 4.20. The van der Waals surface area contributed by atoms with Crippen molar-refractivity contribution in [2.24, 2.45) is 0 Å². The lowest BCUT2D eigenvalue weighted by atomic mass is 9.35. The van der Waals surface area contributed by atoms with E-state index in [2.05, 4.69) is 191 Å². The van der Waals surface area contributed by atoms with Crippen LogP contribution in [0.1, 0.15) is 0 Å². The lowest BCUT2D eigenvalue weighted by Crippen LogP contribution is -2.55. The van der Waals surface area contributed by atoms with E-state index >= 15 is 0 Å². The van der Waals surface area contributed by atoms with Gasteiger partial charge in [-0.2, -0.15) is 0 Å². The number of rotatable bonds is 4. The molecular formula is C47H30BN3O. The molecule has 11 rings (SSSR count). The summed E-state index contributed by atoms with van der Waals surface area (Å²) in [6.07, 6.45) is 0. The van der Waals surface area contributed by atoms with Gasteiger partial charge in [0.1, 0.15) is 11.6 Å². The van der Waals surface area contributed by atoms with Crippen molar-refractivity contribution >= 4 is 66.7 Å². The predicted octanol–water partition coefficient (Wildman–Crippen LogP) is 9.56. The zero-order valence-corrected chi connectivity index (χ0v) is 28.1. The van der Waals surface area contributed by atoms with Crippen molar-refractivity contribution in [1.82, 2.24) is 14.1 Å². The van der Waals surface area contributed by atoms with Crippen LogP contribution in [-0.4, -0.2) is 20.8 Å². The maximum absolute atomic E-state index is 7.08. The summed E-state index contributed by atoms with van der Waals surface area (Å²) in [5, 5.41) is 4.75. The second-order valence-corrected chi connectivity index (χ2v) is 13.5. The summed E-state index contributed by atoms with van der Waals surface area (Å²) in [5.41, 5.74) is 10.2. The summed E-state index contributed by atoms with van der Waals surface area (Å²) >= 11 is 0. The molecule has 1 aliphatic heterocycles. The molecule has 0 aliphatic carbocycles. The van der Waals surface area contributed by atoms with Crippen LogP contribution < -0.4 is 21.1 Å². The van der Waals surface area contributed by atoms with Crippen molar-refractivity contribution in [1.29, 1.82) is 0 Å².